The molecule has 1 rings (SSSR count). The van der Waals surface area contributed by atoms with Crippen LogP contribution in [0.2, 0.25) is 0 Å². The van der Waals surface area contributed by atoms with Crippen LogP contribution < -0.4 is 0 Å². The highest BCUT2D eigenvalue weighted by Gasteiger charge is 2.10. The number of rotatable bonds is 1. The Hall–Kier alpha value is -0.400. The van der Waals surface area contributed by atoms with Gasteiger partial charge < -0.3 is 0 Å². The van der Waals surface area contributed by atoms with Crippen LogP contribution in [-0.2, 0) is 0 Å². The molecule has 0 radical (unpaired) electrons. The van der Waals surface area contributed by atoms with Crippen LogP contribution >= 0.6 is 0 Å². The van der Waals surface area contributed by atoms with Gasteiger partial charge in [-0.2, -0.15) is 5.11 Å². The summed E-state index contributed by atoms with van der Waals surface area (Å²) in [5.41, 5.74) is 6.72. The summed E-state index contributed by atoms with van der Waals surface area (Å²) in [6.45, 7) is 0. The maximum absolute atomic E-state index is 6.72. The first-order chi connectivity index (χ1) is 3.93. The first-order valence-corrected chi connectivity index (χ1v) is 3.30. The van der Waals surface area contributed by atoms with Gasteiger partial charge in [-0.25, -0.2) is 5.53 Å². The lowest BCUT2D eigenvalue weighted by molar-refractivity contribution is 0.426. The molecule has 1 aliphatic rings. The predicted octanol–water partition coefficient (Wildman–Crippen LogP) is 2.35. The molecule has 0 aliphatic heterocycles. The first kappa shape index (κ1) is 5.73. The highest BCUT2D eigenvalue weighted by Crippen LogP contribution is 2.19. The molecule has 46 valence electrons. The highest BCUT2D eigenvalue weighted by atomic mass is 15.0. The second-order valence-electron chi connectivity index (χ2n) is 2.42. The first-order valence-electron chi connectivity index (χ1n) is 3.30. The standard InChI is InChI=1S/C6H12N2/c7-8-6-4-2-1-3-5-6/h6-7H,1-5H2. The van der Waals surface area contributed by atoms with E-state index in [1.807, 2.05) is 0 Å². The molecule has 2 nitrogen and oxygen atoms in total. The lowest BCUT2D eigenvalue weighted by Crippen LogP contribution is -2.07. The van der Waals surface area contributed by atoms with Crippen LogP contribution in [0.5, 0.6) is 0 Å². The van der Waals surface area contributed by atoms with Crippen molar-refractivity contribution in [2.75, 3.05) is 0 Å². The van der Waals surface area contributed by atoms with Gasteiger partial charge in [0.2, 0.25) is 0 Å². The molecule has 8 heavy (non-hydrogen) atoms. The Labute approximate surface area is 49.8 Å². The van der Waals surface area contributed by atoms with E-state index in [9.17, 15) is 0 Å². The van der Waals surface area contributed by atoms with Crippen LogP contribution in [0.15, 0.2) is 5.11 Å². The number of nitrogens with one attached hydrogen (secondary N) is 1. The van der Waals surface area contributed by atoms with Crippen molar-refractivity contribution in [1.82, 2.24) is 0 Å². The number of nitrogens with zero attached hydrogens (tertiary/aromatic N) is 1. The Morgan fingerprint density at radius 3 is 2.12 bits per heavy atom. The SMILES string of the molecule is N=NC1CCCCC1. The molecule has 1 saturated carbocycles. The summed E-state index contributed by atoms with van der Waals surface area (Å²) in [6.07, 6.45) is 6.24. The predicted molar refractivity (Wildman–Crippen MR) is 32.0 cm³/mol. The molecule has 0 atom stereocenters. The van der Waals surface area contributed by atoms with E-state index < -0.39 is 0 Å². The monoisotopic (exact) mass is 112 g/mol. The molecule has 1 aliphatic carbocycles. The van der Waals surface area contributed by atoms with Crippen LogP contribution in [0.25, 0.3) is 0 Å². The van der Waals surface area contributed by atoms with Crippen molar-refractivity contribution >= 4 is 0 Å². The van der Waals surface area contributed by atoms with Crippen molar-refractivity contribution in [1.29, 1.82) is 5.53 Å². The van der Waals surface area contributed by atoms with Crippen molar-refractivity contribution < 1.29 is 0 Å². The van der Waals surface area contributed by atoms with E-state index in [-0.39, 0.29) is 0 Å². The summed E-state index contributed by atoms with van der Waals surface area (Å²) in [4.78, 5) is 0. The third-order valence-electron chi connectivity index (χ3n) is 1.76. The van der Waals surface area contributed by atoms with E-state index >= 15 is 0 Å². The van der Waals surface area contributed by atoms with Gasteiger partial charge in [0.1, 0.15) is 0 Å². The van der Waals surface area contributed by atoms with Crippen LogP contribution in [-0.4, -0.2) is 6.04 Å². The smallest absolute Gasteiger partial charge is 0.0705 e. The largest absolute Gasteiger partial charge is 0.210 e. The van der Waals surface area contributed by atoms with E-state index in [1.54, 1.807) is 0 Å². The molecule has 0 unspecified atom stereocenters. The van der Waals surface area contributed by atoms with Crippen molar-refractivity contribution in [2.24, 2.45) is 5.11 Å². The van der Waals surface area contributed by atoms with Gasteiger partial charge in [0.15, 0.2) is 0 Å². The van der Waals surface area contributed by atoms with Gasteiger partial charge in [0.25, 0.3) is 0 Å². The second kappa shape index (κ2) is 2.80. The van der Waals surface area contributed by atoms with Crippen molar-refractivity contribution in [3.63, 3.8) is 0 Å². The molecule has 1 fully saturated rings. The molecule has 0 amide bonds. The summed E-state index contributed by atoms with van der Waals surface area (Å²) in [7, 11) is 0. The van der Waals surface area contributed by atoms with Crippen molar-refractivity contribution in [2.45, 2.75) is 38.1 Å². The summed E-state index contributed by atoms with van der Waals surface area (Å²) >= 11 is 0. The molecule has 0 aromatic carbocycles. The lowest BCUT2D eigenvalue weighted by atomic mass is 9.96. The molecular formula is C6H12N2. The summed E-state index contributed by atoms with van der Waals surface area (Å²) in [6, 6.07) is 0.378. The molecule has 1 N–H and O–H groups in total. The van der Waals surface area contributed by atoms with E-state index in [4.69, 9.17) is 5.53 Å². The summed E-state index contributed by atoms with van der Waals surface area (Å²) < 4.78 is 0. The van der Waals surface area contributed by atoms with Gasteiger partial charge in [-0.3, -0.25) is 0 Å². The summed E-state index contributed by atoms with van der Waals surface area (Å²) in [5, 5.41) is 3.50. The van der Waals surface area contributed by atoms with Crippen LogP contribution in [0, 0.1) is 5.53 Å². The van der Waals surface area contributed by atoms with Crippen LogP contribution in [0.3, 0.4) is 0 Å². The fraction of sp³-hybridized carbons (Fsp3) is 1.00. The van der Waals surface area contributed by atoms with Gasteiger partial charge in [-0.15, -0.1) is 0 Å². The van der Waals surface area contributed by atoms with Gasteiger partial charge in [-0.05, 0) is 12.8 Å². The zero-order valence-corrected chi connectivity index (χ0v) is 5.06. The lowest BCUT2D eigenvalue weighted by Gasteiger charge is -2.14. The second-order valence-corrected chi connectivity index (χ2v) is 2.42. The fourth-order valence-corrected chi connectivity index (χ4v) is 1.21. The third kappa shape index (κ3) is 1.29. The molecule has 0 saturated heterocycles. The highest BCUT2D eigenvalue weighted by molar-refractivity contribution is 4.68. The molecule has 0 aromatic heterocycles. The Kier molecular flexibility index (Phi) is 2.00. The molecule has 0 bridgehead atoms. The minimum absolute atomic E-state index is 0.378. The van der Waals surface area contributed by atoms with Crippen molar-refractivity contribution in [3.8, 4) is 0 Å². The van der Waals surface area contributed by atoms with Crippen LogP contribution in [0.1, 0.15) is 32.1 Å². The Morgan fingerprint density at radius 2 is 1.75 bits per heavy atom. The quantitative estimate of drug-likeness (QED) is 0.505. The molecule has 0 spiro atoms. The maximum atomic E-state index is 6.72. The van der Waals surface area contributed by atoms with E-state index in [0.717, 1.165) is 12.8 Å². The van der Waals surface area contributed by atoms with E-state index in [0.29, 0.717) is 6.04 Å². The molecule has 2 heteroatoms. The molecule has 0 heterocycles. The Bertz CT molecular complexity index is 74.6. The minimum atomic E-state index is 0.378. The molecule has 0 aromatic rings. The maximum Gasteiger partial charge on any atom is 0.0705 e. The fourth-order valence-electron chi connectivity index (χ4n) is 1.21. The normalized spacial score (nSPS) is 23.0. The van der Waals surface area contributed by atoms with Gasteiger partial charge >= 0.3 is 0 Å². The third-order valence-corrected chi connectivity index (χ3v) is 1.76. The summed E-state index contributed by atoms with van der Waals surface area (Å²) in [5.74, 6) is 0. The van der Waals surface area contributed by atoms with Gasteiger partial charge in [-0.1, -0.05) is 19.3 Å². The average Bonchev–Trinajstić information content (AvgIpc) is 1.90. The Morgan fingerprint density at radius 1 is 1.12 bits per heavy atom. The zero-order valence-electron chi connectivity index (χ0n) is 5.06. The van der Waals surface area contributed by atoms with Crippen LogP contribution in [0.4, 0.5) is 0 Å². The zero-order chi connectivity index (χ0) is 5.82. The topological polar surface area (TPSA) is 36.2 Å². The average molecular weight is 112 g/mol. The van der Waals surface area contributed by atoms with E-state index in [1.165, 1.54) is 19.3 Å². The number of hydrogen-bond donors (Lipinski definition) is 1. The van der Waals surface area contributed by atoms with Gasteiger partial charge in [0, 0.05) is 0 Å². The Balaban J connectivity index is 2.22. The number of hydrogen-bond acceptors (Lipinski definition) is 2. The minimum Gasteiger partial charge on any atom is -0.210 e. The van der Waals surface area contributed by atoms with E-state index in [2.05, 4.69) is 5.11 Å². The molecular weight excluding hydrogens is 100 g/mol. The van der Waals surface area contributed by atoms with Gasteiger partial charge in [0.05, 0.1) is 6.04 Å². The van der Waals surface area contributed by atoms with Crippen molar-refractivity contribution in [3.05, 3.63) is 0 Å².